The third-order valence-corrected chi connectivity index (χ3v) is 3.76. The Morgan fingerprint density at radius 2 is 1.90 bits per heavy atom. The van der Waals surface area contributed by atoms with Gasteiger partial charge in [-0.05, 0) is 36.4 Å². The maximum Gasteiger partial charge on any atom is 0.137 e. The van der Waals surface area contributed by atoms with Crippen LogP contribution in [0.15, 0.2) is 47.6 Å². The molecule has 1 atom stereocenters. The molecular weight excluding hydrogens is 270 g/mol. The summed E-state index contributed by atoms with van der Waals surface area (Å²) in [6.45, 7) is 4.63. The van der Waals surface area contributed by atoms with Gasteiger partial charge in [0.1, 0.15) is 11.9 Å². The molecule has 106 valence electrons. The lowest BCUT2D eigenvalue weighted by molar-refractivity contribution is 0.219. The van der Waals surface area contributed by atoms with Crippen LogP contribution in [0.4, 0.5) is 0 Å². The molecule has 3 nitrogen and oxygen atoms in total. The van der Waals surface area contributed by atoms with E-state index in [1.807, 2.05) is 37.3 Å². The molecular formula is C16H19NO2S. The number of aromatic nitrogens is 1. The van der Waals surface area contributed by atoms with Gasteiger partial charge in [0, 0.05) is 16.7 Å². The van der Waals surface area contributed by atoms with Gasteiger partial charge in [0.25, 0.3) is 0 Å². The Bertz CT molecular complexity index is 542. The number of thioether (sulfide) groups is 1. The van der Waals surface area contributed by atoms with Crippen LogP contribution >= 0.6 is 11.8 Å². The maximum absolute atomic E-state index is 10.4. The number of pyridine rings is 1. The van der Waals surface area contributed by atoms with Crippen molar-refractivity contribution in [2.45, 2.75) is 24.8 Å². The topological polar surface area (TPSA) is 42.4 Å². The van der Waals surface area contributed by atoms with Crippen LogP contribution in [0.2, 0.25) is 0 Å². The zero-order valence-corrected chi connectivity index (χ0v) is 12.6. The Hall–Kier alpha value is -1.52. The molecule has 0 aliphatic heterocycles. The molecule has 2 aromatic rings. The van der Waals surface area contributed by atoms with E-state index in [2.05, 4.69) is 11.9 Å². The maximum atomic E-state index is 10.4. The summed E-state index contributed by atoms with van der Waals surface area (Å²) in [5, 5.41) is 10.4. The highest BCUT2D eigenvalue weighted by Gasteiger charge is 2.11. The van der Waals surface area contributed by atoms with E-state index in [0.29, 0.717) is 12.4 Å². The lowest BCUT2D eigenvalue weighted by Gasteiger charge is -2.13. The normalized spacial score (nSPS) is 12.2. The Morgan fingerprint density at radius 3 is 2.55 bits per heavy atom. The second-order valence-electron chi connectivity index (χ2n) is 4.29. The van der Waals surface area contributed by atoms with Crippen molar-refractivity contribution in [3.63, 3.8) is 0 Å². The van der Waals surface area contributed by atoms with E-state index < -0.39 is 6.10 Å². The molecule has 1 aromatic carbocycles. The Kier molecular flexibility index (Phi) is 5.44. The Morgan fingerprint density at radius 1 is 1.15 bits per heavy atom. The van der Waals surface area contributed by atoms with Crippen molar-refractivity contribution < 1.29 is 9.84 Å². The van der Waals surface area contributed by atoms with E-state index in [0.717, 1.165) is 16.9 Å². The summed E-state index contributed by atoms with van der Waals surface area (Å²) in [7, 11) is 0. The molecule has 0 aliphatic carbocycles. The molecule has 4 heteroatoms. The summed E-state index contributed by atoms with van der Waals surface area (Å²) in [6.07, 6.45) is 2.64. The van der Waals surface area contributed by atoms with Crippen LogP contribution in [0.3, 0.4) is 0 Å². The molecule has 0 saturated heterocycles. The van der Waals surface area contributed by atoms with Gasteiger partial charge in [0.2, 0.25) is 0 Å². The van der Waals surface area contributed by atoms with Crippen molar-refractivity contribution in [3.8, 4) is 5.75 Å². The number of benzene rings is 1. The molecule has 0 radical (unpaired) electrons. The lowest BCUT2D eigenvalue weighted by atomic mass is 10.0. The third-order valence-electron chi connectivity index (χ3n) is 2.87. The molecule has 0 aliphatic rings. The van der Waals surface area contributed by atoms with E-state index in [4.69, 9.17) is 4.74 Å². The van der Waals surface area contributed by atoms with Gasteiger partial charge in [-0.15, -0.1) is 11.8 Å². The summed E-state index contributed by atoms with van der Waals surface area (Å²) in [4.78, 5) is 5.32. The summed E-state index contributed by atoms with van der Waals surface area (Å²) >= 11 is 1.79. The number of nitrogens with zero attached hydrogens (tertiary/aromatic N) is 1. The van der Waals surface area contributed by atoms with Crippen LogP contribution in [0.1, 0.15) is 31.1 Å². The Labute approximate surface area is 124 Å². The average Bonchev–Trinajstić information content (AvgIpc) is 2.48. The molecule has 20 heavy (non-hydrogen) atoms. The standard InChI is InChI=1S/C16H19NO2S/c1-3-19-14-9-13(10-17-11-14)16(18)12-5-7-15(8-6-12)20-4-2/h5-11,16,18H,3-4H2,1-2H3. The number of aliphatic hydroxyl groups excluding tert-OH is 1. The lowest BCUT2D eigenvalue weighted by Crippen LogP contribution is -2.01. The number of hydrogen-bond donors (Lipinski definition) is 1. The second-order valence-corrected chi connectivity index (χ2v) is 5.63. The first-order valence-corrected chi connectivity index (χ1v) is 7.71. The van der Waals surface area contributed by atoms with Crippen molar-refractivity contribution >= 4 is 11.8 Å². The molecule has 0 fully saturated rings. The molecule has 0 spiro atoms. The minimum Gasteiger partial charge on any atom is -0.492 e. The average molecular weight is 289 g/mol. The first kappa shape index (κ1) is 14.9. The third kappa shape index (κ3) is 3.74. The van der Waals surface area contributed by atoms with Crippen molar-refractivity contribution in [1.29, 1.82) is 0 Å². The van der Waals surface area contributed by atoms with Crippen LogP contribution in [-0.4, -0.2) is 22.5 Å². The van der Waals surface area contributed by atoms with Crippen LogP contribution in [0.25, 0.3) is 0 Å². The first-order chi connectivity index (χ1) is 9.74. The molecule has 1 heterocycles. The van der Waals surface area contributed by atoms with Crippen LogP contribution in [-0.2, 0) is 0 Å². The summed E-state index contributed by atoms with van der Waals surface area (Å²) in [6, 6.07) is 9.81. The SMILES string of the molecule is CCOc1cncc(C(O)c2ccc(SCC)cc2)c1. The fourth-order valence-corrected chi connectivity index (χ4v) is 2.60. The quantitative estimate of drug-likeness (QED) is 0.824. The van der Waals surface area contributed by atoms with Crippen molar-refractivity contribution in [2.75, 3.05) is 12.4 Å². The number of hydrogen-bond acceptors (Lipinski definition) is 4. The smallest absolute Gasteiger partial charge is 0.137 e. The van der Waals surface area contributed by atoms with Gasteiger partial charge in [-0.1, -0.05) is 19.1 Å². The minimum atomic E-state index is -0.677. The molecule has 0 bridgehead atoms. The van der Waals surface area contributed by atoms with Crippen molar-refractivity contribution in [3.05, 3.63) is 53.9 Å². The Balaban J connectivity index is 2.17. The molecule has 1 unspecified atom stereocenters. The number of ether oxygens (including phenoxy) is 1. The van der Waals surface area contributed by atoms with Crippen LogP contribution < -0.4 is 4.74 Å². The zero-order chi connectivity index (χ0) is 14.4. The zero-order valence-electron chi connectivity index (χ0n) is 11.7. The van der Waals surface area contributed by atoms with E-state index in [1.165, 1.54) is 4.90 Å². The largest absolute Gasteiger partial charge is 0.492 e. The molecule has 1 aromatic heterocycles. The van der Waals surface area contributed by atoms with Gasteiger partial charge >= 0.3 is 0 Å². The van der Waals surface area contributed by atoms with Gasteiger partial charge in [-0.2, -0.15) is 0 Å². The highest BCUT2D eigenvalue weighted by molar-refractivity contribution is 7.99. The van der Waals surface area contributed by atoms with Crippen LogP contribution in [0.5, 0.6) is 5.75 Å². The fourth-order valence-electron chi connectivity index (χ4n) is 1.94. The molecule has 0 amide bonds. The van der Waals surface area contributed by atoms with Crippen molar-refractivity contribution in [2.24, 2.45) is 0 Å². The summed E-state index contributed by atoms with van der Waals surface area (Å²) in [5.74, 6) is 1.73. The molecule has 0 saturated carbocycles. The molecule has 1 N–H and O–H groups in total. The number of aliphatic hydroxyl groups is 1. The summed E-state index contributed by atoms with van der Waals surface area (Å²) < 4.78 is 5.41. The van der Waals surface area contributed by atoms with Gasteiger partial charge in [-0.25, -0.2) is 0 Å². The number of rotatable bonds is 6. The van der Waals surface area contributed by atoms with E-state index in [9.17, 15) is 5.11 Å². The van der Waals surface area contributed by atoms with E-state index in [1.54, 1.807) is 24.2 Å². The predicted molar refractivity (Wildman–Crippen MR) is 82.3 cm³/mol. The highest BCUT2D eigenvalue weighted by atomic mass is 32.2. The van der Waals surface area contributed by atoms with Gasteiger partial charge in [0.05, 0.1) is 12.8 Å². The predicted octanol–water partition coefficient (Wildman–Crippen LogP) is 3.67. The monoisotopic (exact) mass is 289 g/mol. The molecule has 2 rings (SSSR count). The summed E-state index contributed by atoms with van der Waals surface area (Å²) in [5.41, 5.74) is 1.60. The highest BCUT2D eigenvalue weighted by Crippen LogP contribution is 2.26. The van der Waals surface area contributed by atoms with Gasteiger partial charge < -0.3 is 9.84 Å². The van der Waals surface area contributed by atoms with E-state index >= 15 is 0 Å². The van der Waals surface area contributed by atoms with E-state index in [-0.39, 0.29) is 0 Å². The fraction of sp³-hybridized carbons (Fsp3) is 0.312. The van der Waals surface area contributed by atoms with Gasteiger partial charge in [0.15, 0.2) is 0 Å². The minimum absolute atomic E-state index is 0.587. The first-order valence-electron chi connectivity index (χ1n) is 6.73. The van der Waals surface area contributed by atoms with Crippen LogP contribution in [0, 0.1) is 0 Å². The van der Waals surface area contributed by atoms with Crippen molar-refractivity contribution in [1.82, 2.24) is 4.98 Å². The second kappa shape index (κ2) is 7.31. The van der Waals surface area contributed by atoms with Gasteiger partial charge in [-0.3, -0.25) is 4.98 Å².